The molecule has 1 unspecified atom stereocenters. The van der Waals surface area contributed by atoms with E-state index in [9.17, 15) is 13.2 Å². The van der Waals surface area contributed by atoms with Crippen molar-refractivity contribution in [2.45, 2.75) is 45.3 Å². The summed E-state index contributed by atoms with van der Waals surface area (Å²) < 4.78 is 36.9. The Hall–Kier alpha value is -0.620. The number of alkyl halides is 3. The number of aromatic nitrogens is 1. The molecule has 0 fully saturated rings. The van der Waals surface area contributed by atoms with E-state index in [1.807, 2.05) is 6.92 Å². The van der Waals surface area contributed by atoms with E-state index in [0.29, 0.717) is 17.3 Å². The maximum Gasteiger partial charge on any atom is 0.443 e. The minimum absolute atomic E-state index is 0.325. The van der Waals surface area contributed by atoms with Gasteiger partial charge in [0.1, 0.15) is 0 Å². The number of nitrogens with zero attached hydrogens (tertiary/aromatic N) is 1. The lowest BCUT2D eigenvalue weighted by atomic mass is 10.1. The molecule has 0 spiro atoms. The van der Waals surface area contributed by atoms with Gasteiger partial charge in [-0.2, -0.15) is 13.2 Å². The number of hydrogen-bond donors (Lipinski definition) is 1. The fourth-order valence-corrected chi connectivity index (χ4v) is 2.20. The van der Waals surface area contributed by atoms with Crippen molar-refractivity contribution in [3.63, 3.8) is 0 Å². The third-order valence-electron chi connectivity index (χ3n) is 2.36. The van der Waals surface area contributed by atoms with Gasteiger partial charge in [0.2, 0.25) is 0 Å². The Kier molecular flexibility index (Phi) is 5.39. The summed E-state index contributed by atoms with van der Waals surface area (Å²) in [5.74, 6) is 0. The van der Waals surface area contributed by atoms with Crippen molar-refractivity contribution in [3.8, 4) is 0 Å². The standard InChI is InChI=1S/C11H17F3N2S/c1-3-6-15-8(2)4-5-9-7-16-10(17-9)11(12,13)14/h7-8,15H,3-6H2,1-2H3. The summed E-state index contributed by atoms with van der Waals surface area (Å²) in [6.45, 7) is 5.07. The van der Waals surface area contributed by atoms with Gasteiger partial charge in [0.15, 0.2) is 5.01 Å². The Morgan fingerprint density at radius 1 is 1.47 bits per heavy atom. The smallest absolute Gasteiger partial charge is 0.314 e. The maximum absolute atomic E-state index is 12.3. The van der Waals surface area contributed by atoms with Gasteiger partial charge in [0.05, 0.1) is 0 Å². The lowest BCUT2D eigenvalue weighted by Crippen LogP contribution is -2.26. The van der Waals surface area contributed by atoms with E-state index in [1.165, 1.54) is 6.20 Å². The van der Waals surface area contributed by atoms with Crippen molar-refractivity contribution in [2.24, 2.45) is 0 Å². The molecule has 1 aromatic heterocycles. The zero-order valence-corrected chi connectivity index (χ0v) is 10.8. The molecule has 0 aliphatic rings. The van der Waals surface area contributed by atoms with Crippen molar-refractivity contribution in [1.29, 1.82) is 0 Å². The van der Waals surface area contributed by atoms with Gasteiger partial charge in [0.25, 0.3) is 0 Å². The second-order valence-corrected chi connectivity index (χ2v) is 5.14. The quantitative estimate of drug-likeness (QED) is 0.852. The molecular weight excluding hydrogens is 249 g/mol. The minimum Gasteiger partial charge on any atom is -0.314 e. The number of rotatable bonds is 6. The fraction of sp³-hybridized carbons (Fsp3) is 0.727. The van der Waals surface area contributed by atoms with E-state index in [-0.39, 0.29) is 0 Å². The first-order chi connectivity index (χ1) is 7.93. The summed E-state index contributed by atoms with van der Waals surface area (Å²) in [6.07, 6.45) is -0.441. The van der Waals surface area contributed by atoms with Crippen LogP contribution in [0, 0.1) is 0 Å². The molecule has 0 saturated carbocycles. The molecule has 2 nitrogen and oxygen atoms in total. The fourth-order valence-electron chi connectivity index (χ4n) is 1.41. The van der Waals surface area contributed by atoms with Gasteiger partial charge < -0.3 is 5.32 Å². The van der Waals surface area contributed by atoms with Crippen molar-refractivity contribution >= 4 is 11.3 Å². The number of aryl methyl sites for hydroxylation is 1. The first-order valence-electron chi connectivity index (χ1n) is 5.68. The molecule has 0 aromatic carbocycles. The molecule has 1 rings (SSSR count). The Morgan fingerprint density at radius 2 is 2.18 bits per heavy atom. The van der Waals surface area contributed by atoms with Crippen molar-refractivity contribution in [1.82, 2.24) is 10.3 Å². The highest BCUT2D eigenvalue weighted by Crippen LogP contribution is 2.32. The molecule has 1 aromatic rings. The Morgan fingerprint density at radius 3 is 2.71 bits per heavy atom. The topological polar surface area (TPSA) is 24.9 Å². The van der Waals surface area contributed by atoms with Crippen LogP contribution in [0.5, 0.6) is 0 Å². The van der Waals surface area contributed by atoms with Crippen LogP contribution in [0.3, 0.4) is 0 Å². The van der Waals surface area contributed by atoms with E-state index in [0.717, 1.165) is 30.7 Å². The lowest BCUT2D eigenvalue weighted by Gasteiger charge is -2.11. The summed E-state index contributed by atoms with van der Waals surface area (Å²) in [4.78, 5) is 4.10. The highest BCUT2D eigenvalue weighted by molar-refractivity contribution is 7.11. The van der Waals surface area contributed by atoms with Gasteiger partial charge in [-0.3, -0.25) is 0 Å². The van der Waals surface area contributed by atoms with Gasteiger partial charge in [0, 0.05) is 17.1 Å². The van der Waals surface area contributed by atoms with Crippen LogP contribution >= 0.6 is 11.3 Å². The molecule has 0 radical (unpaired) electrons. The molecule has 0 saturated heterocycles. The molecule has 98 valence electrons. The third kappa shape index (κ3) is 5.04. The van der Waals surface area contributed by atoms with Crippen LogP contribution in [-0.4, -0.2) is 17.6 Å². The molecule has 1 N–H and O–H groups in total. The molecule has 0 aliphatic carbocycles. The van der Waals surface area contributed by atoms with E-state index in [4.69, 9.17) is 0 Å². The molecule has 17 heavy (non-hydrogen) atoms. The Bertz CT molecular complexity index is 336. The summed E-state index contributed by atoms with van der Waals surface area (Å²) in [7, 11) is 0. The molecule has 6 heteroatoms. The predicted octanol–water partition coefficient (Wildman–Crippen LogP) is 3.48. The summed E-state index contributed by atoms with van der Waals surface area (Å²) >= 11 is 0.742. The summed E-state index contributed by atoms with van der Waals surface area (Å²) in [6, 6.07) is 0.325. The molecule has 1 atom stereocenters. The molecule has 0 aliphatic heterocycles. The van der Waals surface area contributed by atoms with E-state index in [2.05, 4.69) is 17.2 Å². The van der Waals surface area contributed by atoms with Crippen LogP contribution in [0.15, 0.2) is 6.20 Å². The molecule has 0 amide bonds. The van der Waals surface area contributed by atoms with Gasteiger partial charge in [-0.1, -0.05) is 6.92 Å². The molecule has 0 bridgehead atoms. The van der Waals surface area contributed by atoms with E-state index >= 15 is 0 Å². The van der Waals surface area contributed by atoms with Crippen LogP contribution in [0.2, 0.25) is 0 Å². The zero-order chi connectivity index (χ0) is 12.9. The average Bonchev–Trinajstić information content (AvgIpc) is 2.71. The second kappa shape index (κ2) is 6.35. The van der Waals surface area contributed by atoms with Gasteiger partial charge in [-0.05, 0) is 32.7 Å². The lowest BCUT2D eigenvalue weighted by molar-refractivity contribution is -0.137. The van der Waals surface area contributed by atoms with Gasteiger partial charge in [-0.25, -0.2) is 4.98 Å². The number of halogens is 3. The van der Waals surface area contributed by atoms with Crippen molar-refractivity contribution in [2.75, 3.05) is 6.54 Å². The first kappa shape index (κ1) is 14.4. The van der Waals surface area contributed by atoms with Crippen LogP contribution in [-0.2, 0) is 12.6 Å². The maximum atomic E-state index is 12.3. The van der Waals surface area contributed by atoms with Crippen LogP contribution < -0.4 is 5.32 Å². The van der Waals surface area contributed by atoms with Crippen molar-refractivity contribution in [3.05, 3.63) is 16.1 Å². The van der Waals surface area contributed by atoms with Gasteiger partial charge in [-0.15, -0.1) is 11.3 Å². The van der Waals surface area contributed by atoms with Gasteiger partial charge >= 0.3 is 6.18 Å². The summed E-state index contributed by atoms with van der Waals surface area (Å²) in [5, 5.41) is 2.55. The van der Waals surface area contributed by atoms with E-state index < -0.39 is 11.2 Å². The Balaban J connectivity index is 2.40. The predicted molar refractivity (Wildman–Crippen MR) is 63.2 cm³/mol. The molecule has 1 heterocycles. The van der Waals surface area contributed by atoms with Crippen molar-refractivity contribution < 1.29 is 13.2 Å². The molecular formula is C11H17F3N2S. The summed E-state index contributed by atoms with van der Waals surface area (Å²) in [5.41, 5.74) is 0. The van der Waals surface area contributed by atoms with Crippen LogP contribution in [0.4, 0.5) is 13.2 Å². The Labute approximate surface area is 103 Å². The normalized spacial score (nSPS) is 13.9. The van der Waals surface area contributed by atoms with Crippen LogP contribution in [0.1, 0.15) is 36.6 Å². The number of thiazole rings is 1. The number of hydrogen-bond acceptors (Lipinski definition) is 3. The highest BCUT2D eigenvalue weighted by Gasteiger charge is 2.34. The third-order valence-corrected chi connectivity index (χ3v) is 3.46. The number of nitrogens with one attached hydrogen (secondary N) is 1. The van der Waals surface area contributed by atoms with E-state index in [1.54, 1.807) is 0 Å². The SMILES string of the molecule is CCCNC(C)CCc1cnc(C(F)(F)F)s1. The van der Waals surface area contributed by atoms with Crippen LogP contribution in [0.25, 0.3) is 0 Å². The minimum atomic E-state index is -4.31. The monoisotopic (exact) mass is 266 g/mol. The highest BCUT2D eigenvalue weighted by atomic mass is 32.1. The first-order valence-corrected chi connectivity index (χ1v) is 6.50. The average molecular weight is 266 g/mol. The second-order valence-electron chi connectivity index (χ2n) is 4.02. The largest absolute Gasteiger partial charge is 0.443 e. The zero-order valence-electron chi connectivity index (χ0n) is 9.97.